The third-order valence-corrected chi connectivity index (χ3v) is 5.24. The highest BCUT2D eigenvalue weighted by Gasteiger charge is 2.49. The van der Waals surface area contributed by atoms with Gasteiger partial charge in [-0.2, -0.15) is 0 Å². The molecular weight excluding hydrogens is 366 g/mol. The van der Waals surface area contributed by atoms with Crippen LogP contribution in [0.5, 0.6) is 0 Å². The minimum absolute atomic E-state index is 0.348. The number of amides is 4. The molecule has 1 heterocycles. The summed E-state index contributed by atoms with van der Waals surface area (Å²) in [5.41, 5.74) is 1.16. The fourth-order valence-electron chi connectivity index (χ4n) is 3.53. The highest BCUT2D eigenvalue weighted by molar-refractivity contribution is 6.10. The quantitative estimate of drug-likeness (QED) is 0.672. The van der Waals surface area contributed by atoms with Gasteiger partial charge in [0.15, 0.2) is 0 Å². The average molecular weight is 387 g/mol. The first kappa shape index (κ1) is 18.7. The van der Waals surface area contributed by atoms with Crippen LogP contribution in [0, 0.1) is 6.92 Å². The highest BCUT2D eigenvalue weighted by Crippen LogP contribution is 2.29. The predicted molar refractivity (Wildman–Crippen MR) is 111 cm³/mol. The Morgan fingerprint density at radius 2 is 1.69 bits per heavy atom. The molecular formula is C23H21N3O3. The van der Waals surface area contributed by atoms with Crippen LogP contribution in [0.2, 0.25) is 0 Å². The van der Waals surface area contributed by atoms with E-state index in [1.807, 2.05) is 67.6 Å². The van der Waals surface area contributed by atoms with Crippen LogP contribution in [0.15, 0.2) is 66.7 Å². The van der Waals surface area contributed by atoms with E-state index in [-0.39, 0.29) is 6.54 Å². The second-order valence-electron chi connectivity index (χ2n) is 7.42. The van der Waals surface area contributed by atoms with E-state index in [0.717, 1.165) is 21.2 Å². The zero-order valence-corrected chi connectivity index (χ0v) is 16.2. The number of carbonyl (C=O) groups is 3. The molecule has 1 fully saturated rings. The molecule has 29 heavy (non-hydrogen) atoms. The lowest BCUT2D eigenvalue weighted by Gasteiger charge is -2.22. The summed E-state index contributed by atoms with van der Waals surface area (Å²) in [6, 6.07) is 20.2. The first-order valence-electron chi connectivity index (χ1n) is 9.37. The van der Waals surface area contributed by atoms with Crippen LogP contribution in [0.4, 0.5) is 10.5 Å². The number of anilines is 1. The van der Waals surface area contributed by atoms with Crippen molar-refractivity contribution in [2.45, 2.75) is 19.4 Å². The Bertz CT molecular complexity index is 1120. The molecule has 2 N–H and O–H groups in total. The van der Waals surface area contributed by atoms with Crippen molar-refractivity contribution in [3.8, 4) is 0 Å². The standard InChI is InChI=1S/C23H21N3O3/c1-15-7-10-18(11-8-15)23(2)21(28)26(22(29)25-23)14-20(27)24-19-12-9-16-5-3-4-6-17(16)13-19/h3-13H,14H2,1-2H3,(H,24,27)(H,25,29)/t23-/m1/s1. The van der Waals surface area contributed by atoms with Gasteiger partial charge in [-0.3, -0.25) is 14.5 Å². The van der Waals surface area contributed by atoms with Gasteiger partial charge >= 0.3 is 6.03 Å². The minimum atomic E-state index is -1.19. The van der Waals surface area contributed by atoms with E-state index in [0.29, 0.717) is 11.3 Å². The fourth-order valence-corrected chi connectivity index (χ4v) is 3.53. The summed E-state index contributed by atoms with van der Waals surface area (Å²) >= 11 is 0. The van der Waals surface area contributed by atoms with Crippen LogP contribution >= 0.6 is 0 Å². The smallest absolute Gasteiger partial charge is 0.325 e. The molecule has 4 rings (SSSR count). The number of nitrogens with zero attached hydrogens (tertiary/aromatic N) is 1. The first-order chi connectivity index (χ1) is 13.9. The fraction of sp³-hybridized carbons (Fsp3) is 0.174. The van der Waals surface area contributed by atoms with E-state index in [1.165, 1.54) is 0 Å². The molecule has 6 nitrogen and oxygen atoms in total. The van der Waals surface area contributed by atoms with Gasteiger partial charge in [-0.15, -0.1) is 0 Å². The summed E-state index contributed by atoms with van der Waals surface area (Å²) in [5, 5.41) is 7.54. The number of nitrogens with one attached hydrogen (secondary N) is 2. The van der Waals surface area contributed by atoms with Crippen molar-refractivity contribution in [1.82, 2.24) is 10.2 Å². The van der Waals surface area contributed by atoms with Gasteiger partial charge in [0.2, 0.25) is 5.91 Å². The summed E-state index contributed by atoms with van der Waals surface area (Å²) in [5.74, 6) is -0.878. The Labute approximate surface area is 168 Å². The zero-order valence-electron chi connectivity index (χ0n) is 16.2. The maximum absolute atomic E-state index is 12.9. The summed E-state index contributed by atoms with van der Waals surface area (Å²) < 4.78 is 0. The van der Waals surface area contributed by atoms with Crippen LogP contribution in [0.3, 0.4) is 0 Å². The van der Waals surface area contributed by atoms with Gasteiger partial charge in [0.1, 0.15) is 12.1 Å². The number of aryl methyl sites for hydroxylation is 1. The normalized spacial score (nSPS) is 18.8. The van der Waals surface area contributed by atoms with Gasteiger partial charge in [0.05, 0.1) is 0 Å². The van der Waals surface area contributed by atoms with Crippen molar-refractivity contribution in [3.05, 3.63) is 77.9 Å². The molecule has 1 aliphatic rings. The largest absolute Gasteiger partial charge is 0.325 e. The molecule has 0 spiro atoms. The number of carbonyl (C=O) groups excluding carboxylic acids is 3. The third-order valence-electron chi connectivity index (χ3n) is 5.24. The third kappa shape index (κ3) is 3.45. The first-order valence-corrected chi connectivity index (χ1v) is 9.37. The molecule has 1 aliphatic heterocycles. The molecule has 146 valence electrons. The highest BCUT2D eigenvalue weighted by atomic mass is 16.2. The molecule has 1 atom stereocenters. The average Bonchev–Trinajstić information content (AvgIpc) is 2.92. The molecule has 0 unspecified atom stereocenters. The van der Waals surface area contributed by atoms with Crippen molar-refractivity contribution in [1.29, 1.82) is 0 Å². The SMILES string of the molecule is Cc1ccc([C@@]2(C)NC(=O)N(CC(=O)Nc3ccc4ccccc4c3)C2=O)cc1. The molecule has 1 saturated heterocycles. The summed E-state index contributed by atoms with van der Waals surface area (Å²) in [6.07, 6.45) is 0. The van der Waals surface area contributed by atoms with Crippen molar-refractivity contribution in [3.63, 3.8) is 0 Å². The van der Waals surface area contributed by atoms with Crippen molar-refractivity contribution in [2.24, 2.45) is 0 Å². The van der Waals surface area contributed by atoms with Crippen molar-refractivity contribution < 1.29 is 14.4 Å². The zero-order chi connectivity index (χ0) is 20.6. The van der Waals surface area contributed by atoms with E-state index in [4.69, 9.17) is 0 Å². The molecule has 3 aromatic carbocycles. The van der Waals surface area contributed by atoms with Crippen molar-refractivity contribution >= 4 is 34.3 Å². The Balaban J connectivity index is 1.49. The molecule has 0 saturated carbocycles. The predicted octanol–water partition coefficient (Wildman–Crippen LogP) is 3.55. The molecule has 4 amide bonds. The van der Waals surface area contributed by atoms with Gasteiger partial charge in [-0.05, 0) is 42.3 Å². The lowest BCUT2D eigenvalue weighted by Crippen LogP contribution is -2.42. The van der Waals surface area contributed by atoms with Gasteiger partial charge in [-0.1, -0.05) is 60.2 Å². The van der Waals surface area contributed by atoms with Crippen LogP contribution in [0.1, 0.15) is 18.1 Å². The monoisotopic (exact) mass is 387 g/mol. The van der Waals surface area contributed by atoms with Crippen molar-refractivity contribution in [2.75, 3.05) is 11.9 Å². The molecule has 3 aromatic rings. The maximum Gasteiger partial charge on any atom is 0.325 e. The minimum Gasteiger partial charge on any atom is -0.325 e. The molecule has 0 bridgehead atoms. The maximum atomic E-state index is 12.9. The number of urea groups is 1. The van der Waals surface area contributed by atoms with Gasteiger partial charge in [0.25, 0.3) is 5.91 Å². The number of imide groups is 1. The number of hydrogen-bond acceptors (Lipinski definition) is 3. The van der Waals surface area contributed by atoms with E-state index < -0.39 is 23.4 Å². The van der Waals surface area contributed by atoms with Crippen LogP contribution in [-0.4, -0.2) is 29.3 Å². The second-order valence-corrected chi connectivity index (χ2v) is 7.42. The molecule has 0 aromatic heterocycles. The Morgan fingerprint density at radius 1 is 1.00 bits per heavy atom. The lowest BCUT2D eigenvalue weighted by atomic mass is 9.91. The molecule has 0 radical (unpaired) electrons. The van der Waals surface area contributed by atoms with Crippen LogP contribution < -0.4 is 10.6 Å². The topological polar surface area (TPSA) is 78.5 Å². The second kappa shape index (κ2) is 7.05. The Kier molecular flexibility index (Phi) is 4.54. The number of hydrogen-bond donors (Lipinski definition) is 2. The summed E-state index contributed by atoms with van der Waals surface area (Å²) in [4.78, 5) is 38.8. The van der Waals surface area contributed by atoms with Crippen LogP contribution in [0.25, 0.3) is 10.8 Å². The Hall–Kier alpha value is -3.67. The van der Waals surface area contributed by atoms with E-state index in [9.17, 15) is 14.4 Å². The number of rotatable bonds is 4. The van der Waals surface area contributed by atoms with Gasteiger partial charge in [-0.25, -0.2) is 4.79 Å². The summed E-state index contributed by atoms with van der Waals surface area (Å²) in [6.45, 7) is 3.25. The lowest BCUT2D eigenvalue weighted by molar-refractivity contribution is -0.133. The van der Waals surface area contributed by atoms with Crippen LogP contribution in [-0.2, 0) is 15.1 Å². The molecule has 0 aliphatic carbocycles. The van der Waals surface area contributed by atoms with Gasteiger partial charge in [0, 0.05) is 5.69 Å². The van der Waals surface area contributed by atoms with E-state index >= 15 is 0 Å². The summed E-state index contributed by atoms with van der Waals surface area (Å²) in [7, 11) is 0. The van der Waals surface area contributed by atoms with Gasteiger partial charge < -0.3 is 10.6 Å². The molecule has 6 heteroatoms. The number of fused-ring (bicyclic) bond motifs is 1. The Morgan fingerprint density at radius 3 is 2.41 bits per heavy atom. The van der Waals surface area contributed by atoms with E-state index in [2.05, 4.69) is 10.6 Å². The number of benzene rings is 3. The van der Waals surface area contributed by atoms with E-state index in [1.54, 1.807) is 13.0 Å².